The van der Waals surface area contributed by atoms with Crippen LogP contribution in [-0.4, -0.2) is 29.7 Å². The van der Waals surface area contributed by atoms with Crippen molar-refractivity contribution in [1.29, 1.82) is 0 Å². The maximum absolute atomic E-state index is 12.2. The number of hydrogen-bond donors (Lipinski definition) is 0. The van der Waals surface area contributed by atoms with Crippen molar-refractivity contribution >= 4 is 17.8 Å². The van der Waals surface area contributed by atoms with Crippen molar-refractivity contribution in [2.75, 3.05) is 7.05 Å². The van der Waals surface area contributed by atoms with Crippen LogP contribution in [0.4, 0.5) is 0 Å². The van der Waals surface area contributed by atoms with Gasteiger partial charge in [0.05, 0.1) is 16.7 Å². The van der Waals surface area contributed by atoms with Crippen LogP contribution in [-0.2, 0) is 6.42 Å². The highest BCUT2D eigenvalue weighted by Gasteiger charge is 2.33. The first-order chi connectivity index (χ1) is 11.0. The molecule has 5 heteroatoms. The molecule has 2 aromatic carbocycles. The molecule has 116 valence electrons. The lowest BCUT2D eigenvalue weighted by molar-refractivity contribution is 0.0691. The zero-order chi connectivity index (χ0) is 16.6. The summed E-state index contributed by atoms with van der Waals surface area (Å²) in [6.45, 7) is 2.04. The van der Waals surface area contributed by atoms with Gasteiger partial charge >= 0.3 is 5.97 Å². The zero-order valence-electron chi connectivity index (χ0n) is 12.8. The van der Waals surface area contributed by atoms with E-state index in [1.165, 1.54) is 25.2 Å². The Kier molecular flexibility index (Phi) is 3.70. The summed E-state index contributed by atoms with van der Waals surface area (Å²) in [5.41, 5.74) is 1.92. The van der Waals surface area contributed by atoms with E-state index >= 15 is 0 Å². The fourth-order valence-electron chi connectivity index (χ4n) is 2.45. The van der Waals surface area contributed by atoms with E-state index < -0.39 is 11.9 Å². The first-order valence-electron chi connectivity index (χ1n) is 7.29. The highest BCUT2D eigenvalue weighted by molar-refractivity contribution is 6.21. The van der Waals surface area contributed by atoms with Crippen LogP contribution in [0, 0.1) is 0 Å². The summed E-state index contributed by atoms with van der Waals surface area (Å²) in [6.07, 6.45) is 0.905. The van der Waals surface area contributed by atoms with Crippen molar-refractivity contribution in [2.24, 2.45) is 0 Å². The number of aryl methyl sites for hydroxylation is 1. The summed E-state index contributed by atoms with van der Waals surface area (Å²) < 4.78 is 5.30. The molecule has 0 atom stereocenters. The Hall–Kier alpha value is -2.95. The fourth-order valence-corrected chi connectivity index (χ4v) is 2.45. The van der Waals surface area contributed by atoms with Gasteiger partial charge in [0.1, 0.15) is 5.75 Å². The molecule has 0 bridgehead atoms. The average Bonchev–Trinajstić information content (AvgIpc) is 2.79. The maximum Gasteiger partial charge on any atom is 0.343 e. The molecule has 1 aliphatic rings. The van der Waals surface area contributed by atoms with Gasteiger partial charge in [0.15, 0.2) is 0 Å². The van der Waals surface area contributed by atoms with Gasteiger partial charge in [0, 0.05) is 7.05 Å². The number of rotatable bonds is 3. The van der Waals surface area contributed by atoms with Crippen molar-refractivity contribution in [2.45, 2.75) is 13.3 Å². The molecule has 0 aromatic heterocycles. The number of fused-ring (bicyclic) bond motifs is 1. The Morgan fingerprint density at radius 2 is 1.65 bits per heavy atom. The van der Waals surface area contributed by atoms with Gasteiger partial charge < -0.3 is 4.74 Å². The Labute approximate surface area is 133 Å². The Morgan fingerprint density at radius 3 is 2.30 bits per heavy atom. The molecule has 0 unspecified atom stereocenters. The number of carbonyl (C=O) groups excluding carboxylic acids is 3. The molecule has 0 aliphatic carbocycles. The number of amides is 2. The number of ether oxygens (including phenoxy) is 1. The summed E-state index contributed by atoms with van der Waals surface area (Å²) in [7, 11) is 1.41. The van der Waals surface area contributed by atoms with Crippen LogP contribution in [0.2, 0.25) is 0 Å². The molecule has 0 saturated heterocycles. The predicted molar refractivity (Wildman–Crippen MR) is 83.6 cm³/mol. The minimum absolute atomic E-state index is 0.230. The van der Waals surface area contributed by atoms with Crippen LogP contribution >= 0.6 is 0 Å². The van der Waals surface area contributed by atoms with Crippen molar-refractivity contribution in [3.05, 3.63) is 64.7 Å². The van der Waals surface area contributed by atoms with Gasteiger partial charge in [-0.15, -0.1) is 0 Å². The molecule has 0 saturated carbocycles. The SMILES string of the molecule is CCc1ccc(OC(=O)c2ccc3c(c2)C(=O)N(C)C3=O)cc1. The molecule has 2 amide bonds. The highest BCUT2D eigenvalue weighted by atomic mass is 16.5. The summed E-state index contributed by atoms with van der Waals surface area (Å²) in [5.74, 6) is -0.897. The smallest absolute Gasteiger partial charge is 0.343 e. The Bertz CT molecular complexity index is 808. The third-order valence-electron chi connectivity index (χ3n) is 3.87. The van der Waals surface area contributed by atoms with Crippen molar-refractivity contribution in [1.82, 2.24) is 4.90 Å². The lowest BCUT2D eigenvalue weighted by Crippen LogP contribution is -2.24. The van der Waals surface area contributed by atoms with Crippen LogP contribution in [0.25, 0.3) is 0 Å². The summed E-state index contributed by atoms with van der Waals surface area (Å²) in [5, 5.41) is 0. The Morgan fingerprint density at radius 1 is 1.00 bits per heavy atom. The summed E-state index contributed by atoms with van der Waals surface area (Å²) in [6, 6.07) is 11.6. The fraction of sp³-hybridized carbons (Fsp3) is 0.167. The lowest BCUT2D eigenvalue weighted by atomic mass is 10.1. The van der Waals surface area contributed by atoms with Crippen molar-refractivity contribution in [3.63, 3.8) is 0 Å². The van der Waals surface area contributed by atoms with Crippen LogP contribution in [0.1, 0.15) is 43.6 Å². The number of nitrogens with zero attached hydrogens (tertiary/aromatic N) is 1. The number of hydrogen-bond acceptors (Lipinski definition) is 4. The molecule has 0 fully saturated rings. The van der Waals surface area contributed by atoms with E-state index in [4.69, 9.17) is 4.74 Å². The van der Waals surface area contributed by atoms with Crippen LogP contribution < -0.4 is 4.74 Å². The van der Waals surface area contributed by atoms with Gasteiger partial charge in [-0.2, -0.15) is 0 Å². The van der Waals surface area contributed by atoms with Crippen LogP contribution in [0.5, 0.6) is 5.75 Å². The third kappa shape index (κ3) is 2.61. The Balaban J connectivity index is 1.83. The van der Waals surface area contributed by atoms with Gasteiger partial charge in [-0.05, 0) is 42.3 Å². The standard InChI is InChI=1S/C18H15NO4/c1-3-11-4-7-13(8-5-11)23-18(22)12-6-9-14-15(10-12)17(21)19(2)16(14)20/h4-10H,3H2,1-2H3. The number of imide groups is 1. The van der Waals surface area contributed by atoms with Crippen LogP contribution in [0.3, 0.4) is 0 Å². The molecule has 23 heavy (non-hydrogen) atoms. The second kappa shape index (κ2) is 5.68. The van der Waals surface area contributed by atoms with E-state index in [1.54, 1.807) is 12.1 Å². The average molecular weight is 309 g/mol. The summed E-state index contributed by atoms with van der Waals surface area (Å²) in [4.78, 5) is 37.0. The highest BCUT2D eigenvalue weighted by Crippen LogP contribution is 2.23. The second-order valence-electron chi connectivity index (χ2n) is 5.32. The van der Waals surface area contributed by atoms with Gasteiger partial charge in [0.2, 0.25) is 0 Å². The zero-order valence-corrected chi connectivity index (χ0v) is 12.8. The van der Waals surface area contributed by atoms with E-state index in [0.717, 1.165) is 16.9 Å². The molecule has 0 N–H and O–H groups in total. The van der Waals surface area contributed by atoms with Gasteiger partial charge in [0.25, 0.3) is 11.8 Å². The van der Waals surface area contributed by atoms with Gasteiger partial charge in [-0.3, -0.25) is 14.5 Å². The molecule has 0 radical (unpaired) electrons. The number of carbonyl (C=O) groups is 3. The quantitative estimate of drug-likeness (QED) is 0.497. The number of benzene rings is 2. The largest absolute Gasteiger partial charge is 0.423 e. The minimum Gasteiger partial charge on any atom is -0.423 e. The van der Waals surface area contributed by atoms with E-state index in [1.807, 2.05) is 19.1 Å². The monoisotopic (exact) mass is 309 g/mol. The van der Waals surface area contributed by atoms with E-state index in [-0.39, 0.29) is 17.0 Å². The van der Waals surface area contributed by atoms with E-state index in [0.29, 0.717) is 11.3 Å². The predicted octanol–water partition coefficient (Wildman–Crippen LogP) is 2.69. The molecule has 3 rings (SSSR count). The first kappa shape index (κ1) is 15.0. The topological polar surface area (TPSA) is 63.7 Å². The molecule has 5 nitrogen and oxygen atoms in total. The third-order valence-corrected chi connectivity index (χ3v) is 3.87. The van der Waals surface area contributed by atoms with Crippen molar-refractivity contribution in [3.8, 4) is 5.75 Å². The normalized spacial score (nSPS) is 13.2. The van der Waals surface area contributed by atoms with Crippen molar-refractivity contribution < 1.29 is 19.1 Å². The molecule has 1 heterocycles. The van der Waals surface area contributed by atoms with Gasteiger partial charge in [-0.1, -0.05) is 19.1 Å². The second-order valence-corrected chi connectivity index (χ2v) is 5.32. The molecule has 2 aromatic rings. The number of esters is 1. The van der Waals surface area contributed by atoms with E-state index in [9.17, 15) is 14.4 Å². The van der Waals surface area contributed by atoms with Crippen LogP contribution in [0.15, 0.2) is 42.5 Å². The lowest BCUT2D eigenvalue weighted by Gasteiger charge is -2.06. The molecule has 0 spiro atoms. The van der Waals surface area contributed by atoms with Gasteiger partial charge in [-0.25, -0.2) is 4.79 Å². The molecule has 1 aliphatic heterocycles. The maximum atomic E-state index is 12.2. The minimum atomic E-state index is -0.563. The molecular weight excluding hydrogens is 294 g/mol. The molecular formula is C18H15NO4. The summed E-state index contributed by atoms with van der Waals surface area (Å²) >= 11 is 0. The first-order valence-corrected chi connectivity index (χ1v) is 7.29. The van der Waals surface area contributed by atoms with E-state index in [2.05, 4.69) is 0 Å².